The maximum atomic E-state index is 14.6. The Bertz CT molecular complexity index is 1160. The molecule has 2 aromatic carbocycles. The van der Waals surface area contributed by atoms with Gasteiger partial charge in [0.1, 0.15) is 5.69 Å². The maximum absolute atomic E-state index is 14.6. The molecule has 0 saturated carbocycles. The molecule has 4 aromatic rings. The Hall–Kier alpha value is -3.02. The Morgan fingerprint density at radius 1 is 0.933 bits per heavy atom. The average molecular weight is 401 g/mol. The molecular formula is C25H24FN3O. The minimum Gasteiger partial charge on any atom is -0.379 e. The van der Waals surface area contributed by atoms with Gasteiger partial charge in [0.15, 0.2) is 5.82 Å². The van der Waals surface area contributed by atoms with Crippen molar-refractivity contribution in [3.05, 3.63) is 77.7 Å². The highest BCUT2D eigenvalue weighted by atomic mass is 19.1. The zero-order chi connectivity index (χ0) is 20.5. The summed E-state index contributed by atoms with van der Waals surface area (Å²) in [6.45, 7) is 6.51. The maximum Gasteiger partial charge on any atom is 0.151 e. The fourth-order valence-electron chi connectivity index (χ4n) is 4.01. The number of nitrogens with zero attached hydrogens (tertiary/aromatic N) is 2. The Labute approximate surface area is 175 Å². The number of benzene rings is 2. The topological polar surface area (TPSA) is 41.2 Å². The van der Waals surface area contributed by atoms with Crippen molar-refractivity contribution < 1.29 is 9.13 Å². The molecule has 1 fully saturated rings. The van der Waals surface area contributed by atoms with Gasteiger partial charge in [-0.3, -0.25) is 4.90 Å². The summed E-state index contributed by atoms with van der Waals surface area (Å²) in [6, 6.07) is 20.1. The SMILES string of the molecule is Cc1cc2nc(-c3ccc(-c4ccc(CN5CCOCC5)cc4)cc3)c(F)cc2[nH]1. The number of fused-ring (bicyclic) bond motifs is 1. The minimum atomic E-state index is -0.315. The number of ether oxygens (including phenoxy) is 1. The fraction of sp³-hybridized carbons (Fsp3) is 0.240. The van der Waals surface area contributed by atoms with Gasteiger partial charge in [0.05, 0.1) is 24.2 Å². The van der Waals surface area contributed by atoms with Crippen LogP contribution >= 0.6 is 0 Å². The highest BCUT2D eigenvalue weighted by Crippen LogP contribution is 2.28. The van der Waals surface area contributed by atoms with Gasteiger partial charge in [-0.05, 0) is 29.7 Å². The van der Waals surface area contributed by atoms with Gasteiger partial charge in [-0.2, -0.15) is 0 Å². The van der Waals surface area contributed by atoms with Gasteiger partial charge in [0, 0.05) is 37.0 Å². The number of rotatable bonds is 4. The zero-order valence-electron chi connectivity index (χ0n) is 17.0. The number of hydrogen-bond acceptors (Lipinski definition) is 3. The first-order valence-corrected chi connectivity index (χ1v) is 10.3. The second kappa shape index (κ2) is 8.01. The van der Waals surface area contributed by atoms with Gasteiger partial charge in [-0.1, -0.05) is 48.5 Å². The van der Waals surface area contributed by atoms with E-state index in [-0.39, 0.29) is 5.82 Å². The summed E-state index contributed by atoms with van der Waals surface area (Å²) < 4.78 is 20.0. The standard InChI is InChI=1S/C25H24FN3O/c1-17-14-23-24(27-17)15-22(26)25(28-23)21-8-6-20(7-9-21)19-4-2-18(3-5-19)16-29-10-12-30-13-11-29/h2-9,14-15,27H,10-13,16H2,1H3. The Morgan fingerprint density at radius 3 is 2.27 bits per heavy atom. The normalized spacial score (nSPS) is 15.0. The summed E-state index contributed by atoms with van der Waals surface area (Å²) in [5, 5.41) is 0. The molecule has 0 radical (unpaired) electrons. The van der Waals surface area contributed by atoms with E-state index in [0.717, 1.165) is 66.3 Å². The van der Waals surface area contributed by atoms with Crippen molar-refractivity contribution >= 4 is 11.0 Å². The second-order valence-electron chi connectivity index (χ2n) is 7.87. The van der Waals surface area contributed by atoms with Gasteiger partial charge < -0.3 is 9.72 Å². The molecule has 5 rings (SSSR count). The van der Waals surface area contributed by atoms with Crippen LogP contribution in [0.2, 0.25) is 0 Å². The molecule has 152 valence electrons. The third kappa shape index (κ3) is 3.86. The molecule has 2 aromatic heterocycles. The summed E-state index contributed by atoms with van der Waals surface area (Å²) >= 11 is 0. The smallest absolute Gasteiger partial charge is 0.151 e. The van der Waals surface area contributed by atoms with Crippen LogP contribution in [0, 0.1) is 12.7 Å². The van der Waals surface area contributed by atoms with Crippen LogP contribution in [0.25, 0.3) is 33.4 Å². The van der Waals surface area contributed by atoms with E-state index in [9.17, 15) is 4.39 Å². The third-order valence-corrected chi connectivity index (χ3v) is 5.65. The first kappa shape index (κ1) is 19.0. The van der Waals surface area contributed by atoms with Crippen molar-refractivity contribution in [2.75, 3.05) is 26.3 Å². The number of aromatic amines is 1. The third-order valence-electron chi connectivity index (χ3n) is 5.65. The number of halogens is 1. The number of hydrogen-bond donors (Lipinski definition) is 1. The van der Waals surface area contributed by atoms with Gasteiger partial charge in [-0.25, -0.2) is 9.37 Å². The molecule has 1 aliphatic rings. The lowest BCUT2D eigenvalue weighted by Crippen LogP contribution is -2.35. The number of H-pyrrole nitrogens is 1. The highest BCUT2D eigenvalue weighted by Gasteiger charge is 2.12. The number of aromatic nitrogens is 2. The van der Waals surface area contributed by atoms with Crippen molar-refractivity contribution in [1.82, 2.24) is 14.9 Å². The quantitative estimate of drug-likeness (QED) is 0.512. The second-order valence-corrected chi connectivity index (χ2v) is 7.87. The van der Waals surface area contributed by atoms with E-state index < -0.39 is 0 Å². The van der Waals surface area contributed by atoms with Gasteiger partial charge in [0.25, 0.3) is 0 Å². The van der Waals surface area contributed by atoms with E-state index in [2.05, 4.69) is 39.1 Å². The highest BCUT2D eigenvalue weighted by molar-refractivity contribution is 5.80. The van der Waals surface area contributed by atoms with Crippen molar-refractivity contribution in [3.8, 4) is 22.4 Å². The van der Waals surface area contributed by atoms with Crippen LogP contribution in [-0.2, 0) is 11.3 Å². The molecule has 0 spiro atoms. The molecule has 4 nitrogen and oxygen atoms in total. The molecule has 1 aliphatic heterocycles. The predicted octanol–water partition coefficient (Wildman–Crippen LogP) is 5.18. The van der Waals surface area contributed by atoms with Gasteiger partial charge in [0.2, 0.25) is 0 Å². The van der Waals surface area contributed by atoms with Crippen molar-refractivity contribution in [3.63, 3.8) is 0 Å². The number of aryl methyl sites for hydroxylation is 1. The molecular weight excluding hydrogens is 377 g/mol. The molecule has 3 heterocycles. The molecule has 1 N–H and O–H groups in total. The summed E-state index contributed by atoms with van der Waals surface area (Å²) in [7, 11) is 0. The van der Waals surface area contributed by atoms with E-state index in [0.29, 0.717) is 5.69 Å². The van der Waals surface area contributed by atoms with E-state index in [1.165, 1.54) is 11.6 Å². The first-order valence-electron chi connectivity index (χ1n) is 10.3. The predicted molar refractivity (Wildman–Crippen MR) is 118 cm³/mol. The Kier molecular flexibility index (Phi) is 5.07. The van der Waals surface area contributed by atoms with E-state index in [1.54, 1.807) is 0 Å². The Morgan fingerprint density at radius 2 is 1.57 bits per heavy atom. The molecule has 0 atom stereocenters. The fourth-order valence-corrected chi connectivity index (χ4v) is 4.01. The van der Waals surface area contributed by atoms with E-state index in [4.69, 9.17) is 4.74 Å². The van der Waals surface area contributed by atoms with Gasteiger partial charge in [-0.15, -0.1) is 0 Å². The summed E-state index contributed by atoms with van der Waals surface area (Å²) in [5.41, 5.74) is 7.20. The molecule has 0 aliphatic carbocycles. The molecule has 30 heavy (non-hydrogen) atoms. The van der Waals surface area contributed by atoms with E-state index >= 15 is 0 Å². The molecule has 5 heteroatoms. The lowest BCUT2D eigenvalue weighted by Gasteiger charge is -2.26. The average Bonchev–Trinajstić information content (AvgIpc) is 3.13. The first-order chi connectivity index (χ1) is 14.7. The number of morpholine rings is 1. The summed E-state index contributed by atoms with van der Waals surface area (Å²) in [6.07, 6.45) is 0. The lowest BCUT2D eigenvalue weighted by molar-refractivity contribution is 0.0342. The molecule has 0 amide bonds. The summed E-state index contributed by atoms with van der Waals surface area (Å²) in [4.78, 5) is 10.1. The van der Waals surface area contributed by atoms with Crippen LogP contribution < -0.4 is 0 Å². The van der Waals surface area contributed by atoms with Crippen LogP contribution in [0.1, 0.15) is 11.3 Å². The molecule has 0 bridgehead atoms. The van der Waals surface area contributed by atoms with Crippen molar-refractivity contribution in [2.45, 2.75) is 13.5 Å². The van der Waals surface area contributed by atoms with Crippen LogP contribution in [0.3, 0.4) is 0 Å². The molecule has 0 unspecified atom stereocenters. The van der Waals surface area contributed by atoms with Crippen LogP contribution in [-0.4, -0.2) is 41.2 Å². The number of pyridine rings is 1. The lowest BCUT2D eigenvalue weighted by atomic mass is 10.0. The summed E-state index contributed by atoms with van der Waals surface area (Å²) in [5.74, 6) is -0.315. The van der Waals surface area contributed by atoms with E-state index in [1.807, 2.05) is 37.3 Å². The van der Waals surface area contributed by atoms with Gasteiger partial charge >= 0.3 is 0 Å². The number of nitrogens with one attached hydrogen (secondary N) is 1. The van der Waals surface area contributed by atoms with Crippen molar-refractivity contribution in [1.29, 1.82) is 0 Å². The monoisotopic (exact) mass is 401 g/mol. The largest absolute Gasteiger partial charge is 0.379 e. The minimum absolute atomic E-state index is 0.315. The van der Waals surface area contributed by atoms with Crippen LogP contribution in [0.5, 0.6) is 0 Å². The Balaban J connectivity index is 1.35. The zero-order valence-corrected chi connectivity index (χ0v) is 17.0. The van der Waals surface area contributed by atoms with Crippen LogP contribution in [0.4, 0.5) is 4.39 Å². The van der Waals surface area contributed by atoms with Crippen molar-refractivity contribution in [2.24, 2.45) is 0 Å². The molecule has 1 saturated heterocycles. The van der Waals surface area contributed by atoms with Crippen LogP contribution in [0.15, 0.2) is 60.7 Å².